The van der Waals surface area contributed by atoms with E-state index in [1.54, 1.807) is 12.1 Å². The maximum atomic E-state index is 12.5. The van der Waals surface area contributed by atoms with Crippen molar-refractivity contribution in [1.82, 2.24) is 0 Å². The molecule has 1 aliphatic rings. The molecule has 1 aromatic carbocycles. The van der Waals surface area contributed by atoms with E-state index in [2.05, 4.69) is 5.32 Å². The molecule has 0 aliphatic carbocycles. The predicted octanol–water partition coefficient (Wildman–Crippen LogP) is 2.31. The largest absolute Gasteiger partial charge is 0.324 e. The average molecular weight is 267 g/mol. The smallest absolute Gasteiger partial charge is 0.245 e. The van der Waals surface area contributed by atoms with E-state index in [9.17, 15) is 13.2 Å². The van der Waals surface area contributed by atoms with Crippen molar-refractivity contribution in [2.24, 2.45) is 0 Å². The Bertz CT molecular complexity index is 615. The SMILES string of the molecule is CC(C)c1ccc2c(c1)S(=O)(=O)C(C)(C)C(=O)N2. The molecule has 0 spiro atoms. The minimum atomic E-state index is -3.64. The van der Waals surface area contributed by atoms with Gasteiger partial charge in [0.05, 0.1) is 10.6 Å². The van der Waals surface area contributed by atoms with Gasteiger partial charge in [0, 0.05) is 0 Å². The number of carbonyl (C=O) groups is 1. The van der Waals surface area contributed by atoms with E-state index in [0.717, 1.165) is 5.56 Å². The van der Waals surface area contributed by atoms with Gasteiger partial charge >= 0.3 is 0 Å². The number of anilines is 1. The normalized spacial score (nSPS) is 20.4. The molecule has 0 saturated heterocycles. The molecule has 0 bridgehead atoms. The molecule has 1 N–H and O–H groups in total. The lowest BCUT2D eigenvalue weighted by Gasteiger charge is -2.30. The molecule has 1 amide bonds. The molecule has 0 fully saturated rings. The fourth-order valence-corrected chi connectivity index (χ4v) is 3.44. The van der Waals surface area contributed by atoms with Crippen molar-refractivity contribution >= 4 is 21.4 Å². The molecule has 98 valence electrons. The zero-order chi connectivity index (χ0) is 13.7. The van der Waals surface area contributed by atoms with Crippen LogP contribution >= 0.6 is 0 Å². The number of amides is 1. The number of nitrogens with one attached hydrogen (secondary N) is 1. The van der Waals surface area contributed by atoms with E-state index in [1.165, 1.54) is 13.8 Å². The summed E-state index contributed by atoms with van der Waals surface area (Å²) in [7, 11) is -3.64. The zero-order valence-electron chi connectivity index (χ0n) is 10.9. The van der Waals surface area contributed by atoms with Crippen LogP contribution in [0.2, 0.25) is 0 Å². The van der Waals surface area contributed by atoms with Gasteiger partial charge in [-0.2, -0.15) is 0 Å². The van der Waals surface area contributed by atoms with Crippen LogP contribution in [0, 0.1) is 0 Å². The maximum absolute atomic E-state index is 12.5. The molecule has 5 heteroatoms. The van der Waals surface area contributed by atoms with Gasteiger partial charge in [0.25, 0.3) is 0 Å². The third-order valence-electron chi connectivity index (χ3n) is 3.43. The summed E-state index contributed by atoms with van der Waals surface area (Å²) in [6.07, 6.45) is 0. The fraction of sp³-hybridized carbons (Fsp3) is 0.462. The number of benzene rings is 1. The quantitative estimate of drug-likeness (QED) is 0.849. The molecule has 0 atom stereocenters. The summed E-state index contributed by atoms with van der Waals surface area (Å²) in [6.45, 7) is 6.87. The van der Waals surface area contributed by atoms with E-state index >= 15 is 0 Å². The molecule has 0 radical (unpaired) electrons. The van der Waals surface area contributed by atoms with Crippen molar-refractivity contribution < 1.29 is 13.2 Å². The first kappa shape index (κ1) is 13.1. The number of hydrogen-bond acceptors (Lipinski definition) is 3. The summed E-state index contributed by atoms with van der Waals surface area (Å²) in [5.74, 6) is -0.237. The van der Waals surface area contributed by atoms with Crippen LogP contribution in [0.1, 0.15) is 39.2 Å². The Morgan fingerprint density at radius 2 is 1.83 bits per heavy atom. The van der Waals surface area contributed by atoms with Gasteiger partial charge in [-0.15, -0.1) is 0 Å². The van der Waals surface area contributed by atoms with Crippen LogP contribution in [0.3, 0.4) is 0 Å². The van der Waals surface area contributed by atoms with Crippen molar-refractivity contribution in [2.75, 3.05) is 5.32 Å². The second-order valence-electron chi connectivity index (χ2n) is 5.38. The predicted molar refractivity (Wildman–Crippen MR) is 70.4 cm³/mol. The number of carbonyl (C=O) groups excluding carboxylic acids is 1. The van der Waals surface area contributed by atoms with E-state index in [0.29, 0.717) is 5.69 Å². The standard InChI is InChI=1S/C13H17NO3S/c1-8(2)9-5-6-10-11(7-9)18(16,17)13(3,4)12(15)14-10/h5-8H,1-4H3,(H,14,15). The Balaban J connectivity index is 2.72. The van der Waals surface area contributed by atoms with Crippen LogP contribution in [-0.2, 0) is 14.6 Å². The van der Waals surface area contributed by atoms with Gasteiger partial charge in [-0.25, -0.2) is 8.42 Å². The van der Waals surface area contributed by atoms with Crippen LogP contribution in [-0.4, -0.2) is 19.1 Å². The van der Waals surface area contributed by atoms with Crippen LogP contribution in [0.5, 0.6) is 0 Å². The van der Waals surface area contributed by atoms with E-state index in [4.69, 9.17) is 0 Å². The first-order chi connectivity index (χ1) is 8.18. The van der Waals surface area contributed by atoms with Crippen molar-refractivity contribution in [2.45, 2.75) is 43.3 Å². The third kappa shape index (κ3) is 1.65. The van der Waals surface area contributed by atoms with E-state index < -0.39 is 20.5 Å². The van der Waals surface area contributed by atoms with Crippen LogP contribution in [0.4, 0.5) is 5.69 Å². The van der Waals surface area contributed by atoms with Crippen molar-refractivity contribution in [3.63, 3.8) is 0 Å². The lowest BCUT2D eigenvalue weighted by molar-refractivity contribution is -0.118. The summed E-state index contributed by atoms with van der Waals surface area (Å²) in [4.78, 5) is 12.0. The molecular weight excluding hydrogens is 250 g/mol. The summed E-state index contributed by atoms with van der Waals surface area (Å²) in [5, 5.41) is 2.65. The molecule has 1 aromatic rings. The highest BCUT2D eigenvalue weighted by molar-refractivity contribution is 7.94. The van der Waals surface area contributed by atoms with Gasteiger partial charge in [0.2, 0.25) is 5.91 Å². The van der Waals surface area contributed by atoms with Crippen LogP contribution in [0.15, 0.2) is 23.1 Å². The van der Waals surface area contributed by atoms with Crippen molar-refractivity contribution in [3.05, 3.63) is 23.8 Å². The van der Waals surface area contributed by atoms with Gasteiger partial charge in [-0.3, -0.25) is 4.79 Å². The number of sulfone groups is 1. The highest BCUT2D eigenvalue weighted by atomic mass is 32.2. The second-order valence-corrected chi connectivity index (χ2v) is 7.85. The molecule has 0 unspecified atom stereocenters. The molecule has 18 heavy (non-hydrogen) atoms. The minimum Gasteiger partial charge on any atom is -0.324 e. The van der Waals surface area contributed by atoms with Gasteiger partial charge in [-0.1, -0.05) is 19.9 Å². The molecular formula is C13H17NO3S. The second kappa shape index (κ2) is 3.82. The summed E-state index contributed by atoms with van der Waals surface area (Å²) in [6, 6.07) is 5.17. The molecule has 4 nitrogen and oxygen atoms in total. The van der Waals surface area contributed by atoms with Gasteiger partial charge in [0.1, 0.15) is 4.75 Å². The summed E-state index contributed by atoms with van der Waals surface area (Å²) < 4.78 is 23.5. The fourth-order valence-electron chi connectivity index (χ4n) is 1.89. The lowest BCUT2D eigenvalue weighted by Crippen LogP contribution is -2.48. The van der Waals surface area contributed by atoms with Crippen LogP contribution < -0.4 is 5.32 Å². The van der Waals surface area contributed by atoms with Crippen molar-refractivity contribution in [3.8, 4) is 0 Å². The highest BCUT2D eigenvalue weighted by Gasteiger charge is 2.47. The Hall–Kier alpha value is -1.36. The molecule has 1 heterocycles. The molecule has 2 rings (SSSR count). The number of hydrogen-bond donors (Lipinski definition) is 1. The maximum Gasteiger partial charge on any atom is 0.245 e. The molecule has 0 saturated carbocycles. The number of rotatable bonds is 1. The first-order valence-electron chi connectivity index (χ1n) is 5.88. The van der Waals surface area contributed by atoms with Crippen LogP contribution in [0.25, 0.3) is 0 Å². The topological polar surface area (TPSA) is 63.2 Å². The Kier molecular flexibility index (Phi) is 2.77. The monoisotopic (exact) mass is 267 g/mol. The summed E-state index contributed by atoms with van der Waals surface area (Å²) in [5.41, 5.74) is 1.33. The minimum absolute atomic E-state index is 0.221. The highest BCUT2D eigenvalue weighted by Crippen LogP contribution is 2.37. The molecule has 1 aliphatic heterocycles. The van der Waals surface area contributed by atoms with E-state index in [-0.39, 0.29) is 10.8 Å². The Morgan fingerprint density at radius 1 is 1.22 bits per heavy atom. The van der Waals surface area contributed by atoms with Crippen molar-refractivity contribution in [1.29, 1.82) is 0 Å². The van der Waals surface area contributed by atoms with Gasteiger partial charge in [0.15, 0.2) is 9.84 Å². The Morgan fingerprint density at radius 3 is 2.39 bits per heavy atom. The Labute approximate surface area is 107 Å². The zero-order valence-corrected chi connectivity index (χ0v) is 11.8. The third-order valence-corrected chi connectivity index (χ3v) is 5.87. The average Bonchev–Trinajstić information content (AvgIpc) is 2.27. The van der Waals surface area contributed by atoms with Gasteiger partial charge in [-0.05, 0) is 37.5 Å². The van der Waals surface area contributed by atoms with E-state index in [1.807, 2.05) is 19.9 Å². The molecule has 0 aromatic heterocycles. The number of fused-ring (bicyclic) bond motifs is 1. The summed E-state index contributed by atoms with van der Waals surface area (Å²) >= 11 is 0. The van der Waals surface area contributed by atoms with Gasteiger partial charge < -0.3 is 5.32 Å². The first-order valence-corrected chi connectivity index (χ1v) is 7.36. The lowest BCUT2D eigenvalue weighted by atomic mass is 10.0.